The number of aryl methyl sites for hydroxylation is 1. The summed E-state index contributed by atoms with van der Waals surface area (Å²) in [5.41, 5.74) is 4.03. The first-order valence-electron chi connectivity index (χ1n) is 9.25. The number of benzene rings is 3. The molecule has 0 aromatic heterocycles. The molecule has 5 heteroatoms. The maximum Gasteiger partial charge on any atom is 0.257 e. The number of hydrogen-bond donors (Lipinski definition) is 1. The van der Waals surface area contributed by atoms with Crippen LogP contribution in [0.3, 0.4) is 0 Å². The molecular weight excluding hydrogens is 367 g/mol. The highest BCUT2D eigenvalue weighted by molar-refractivity contribution is 7.67. The molecular formula is C23H27N2O2P. The van der Waals surface area contributed by atoms with Crippen LogP contribution in [0.1, 0.15) is 16.9 Å². The largest absolute Gasteiger partial charge is 0.378 e. The highest BCUT2D eigenvalue weighted by Gasteiger charge is 2.36. The number of rotatable bonds is 7. The van der Waals surface area contributed by atoms with Crippen LogP contribution in [-0.2, 0) is 9.09 Å². The van der Waals surface area contributed by atoms with Crippen molar-refractivity contribution >= 4 is 24.0 Å². The fourth-order valence-corrected chi connectivity index (χ4v) is 5.29. The predicted molar refractivity (Wildman–Crippen MR) is 119 cm³/mol. The summed E-state index contributed by atoms with van der Waals surface area (Å²) in [6.07, 6.45) is 0. The lowest BCUT2D eigenvalue weighted by Crippen LogP contribution is -2.20. The molecule has 28 heavy (non-hydrogen) atoms. The minimum absolute atomic E-state index is 0.495. The maximum atomic E-state index is 14.2. The van der Waals surface area contributed by atoms with Crippen LogP contribution in [0.15, 0.2) is 78.9 Å². The summed E-state index contributed by atoms with van der Waals surface area (Å²) >= 11 is 0. The van der Waals surface area contributed by atoms with Crippen molar-refractivity contribution in [3.63, 3.8) is 0 Å². The number of para-hydroxylation sites is 1. The second-order valence-electron chi connectivity index (χ2n) is 7.01. The Balaban J connectivity index is 2.07. The second kappa shape index (κ2) is 8.64. The van der Waals surface area contributed by atoms with Crippen molar-refractivity contribution in [2.45, 2.75) is 12.7 Å². The van der Waals surface area contributed by atoms with Gasteiger partial charge in [-0.2, -0.15) is 0 Å². The van der Waals surface area contributed by atoms with Gasteiger partial charge in [-0.05, 0) is 48.9 Å². The zero-order chi connectivity index (χ0) is 20.1. The Morgan fingerprint density at radius 2 is 1.50 bits per heavy atom. The summed E-state index contributed by atoms with van der Waals surface area (Å²) in [4.78, 5) is 2.02. The zero-order valence-electron chi connectivity index (χ0n) is 16.8. The van der Waals surface area contributed by atoms with E-state index in [1.165, 1.54) is 7.11 Å². The molecule has 0 heterocycles. The lowest BCUT2D eigenvalue weighted by Gasteiger charge is -2.29. The quantitative estimate of drug-likeness (QED) is 0.543. The summed E-state index contributed by atoms with van der Waals surface area (Å²) in [7, 11) is 2.24. The number of nitrogens with one attached hydrogen (secondary N) is 1. The molecule has 3 aromatic rings. The van der Waals surface area contributed by atoms with E-state index in [9.17, 15) is 4.57 Å². The van der Waals surface area contributed by atoms with Gasteiger partial charge in [0.1, 0.15) is 5.78 Å². The molecule has 3 rings (SSSR count). The van der Waals surface area contributed by atoms with Gasteiger partial charge in [0.25, 0.3) is 7.37 Å². The average Bonchev–Trinajstić information content (AvgIpc) is 2.73. The molecule has 0 amide bonds. The summed E-state index contributed by atoms with van der Waals surface area (Å²) in [6, 6.07) is 25.6. The predicted octanol–water partition coefficient (Wildman–Crippen LogP) is 5.42. The Hall–Kier alpha value is -2.55. The average molecular weight is 394 g/mol. The third-order valence-electron chi connectivity index (χ3n) is 4.81. The van der Waals surface area contributed by atoms with Gasteiger partial charge in [-0.3, -0.25) is 4.57 Å². The van der Waals surface area contributed by atoms with Crippen molar-refractivity contribution in [3.05, 3.63) is 90.0 Å². The molecule has 0 bridgehead atoms. The monoisotopic (exact) mass is 394 g/mol. The minimum atomic E-state index is -3.24. The van der Waals surface area contributed by atoms with Crippen molar-refractivity contribution < 1.29 is 9.09 Å². The van der Waals surface area contributed by atoms with Crippen molar-refractivity contribution in [1.29, 1.82) is 0 Å². The molecule has 0 radical (unpaired) electrons. The van der Waals surface area contributed by atoms with Gasteiger partial charge in [0.15, 0.2) is 0 Å². The lowest BCUT2D eigenvalue weighted by molar-refractivity contribution is 0.396. The molecule has 0 aliphatic rings. The van der Waals surface area contributed by atoms with Gasteiger partial charge in [-0.15, -0.1) is 0 Å². The van der Waals surface area contributed by atoms with Crippen LogP contribution >= 0.6 is 7.37 Å². The van der Waals surface area contributed by atoms with E-state index in [1.54, 1.807) is 0 Å². The Morgan fingerprint density at radius 3 is 2.04 bits per heavy atom. The fourth-order valence-electron chi connectivity index (χ4n) is 3.12. The molecule has 4 nitrogen and oxygen atoms in total. The van der Waals surface area contributed by atoms with Gasteiger partial charge in [0.05, 0.1) is 0 Å². The smallest absolute Gasteiger partial charge is 0.257 e. The van der Waals surface area contributed by atoms with E-state index >= 15 is 0 Å². The zero-order valence-corrected chi connectivity index (χ0v) is 17.7. The normalized spacial score (nSPS) is 14.1. The van der Waals surface area contributed by atoms with Crippen molar-refractivity contribution in [2.75, 3.05) is 31.4 Å². The molecule has 0 aliphatic carbocycles. The molecule has 0 aliphatic heterocycles. The van der Waals surface area contributed by atoms with Crippen molar-refractivity contribution in [2.24, 2.45) is 0 Å². The van der Waals surface area contributed by atoms with Gasteiger partial charge < -0.3 is 14.7 Å². The Morgan fingerprint density at radius 1 is 0.893 bits per heavy atom. The van der Waals surface area contributed by atoms with E-state index in [1.807, 2.05) is 105 Å². The van der Waals surface area contributed by atoms with Crippen molar-refractivity contribution in [3.8, 4) is 0 Å². The first kappa shape index (κ1) is 20.2. The van der Waals surface area contributed by atoms with Crippen LogP contribution in [0.5, 0.6) is 0 Å². The third-order valence-corrected chi connectivity index (χ3v) is 7.47. The summed E-state index contributed by atoms with van der Waals surface area (Å²) in [5.74, 6) is -0.495. The van der Waals surface area contributed by atoms with E-state index in [-0.39, 0.29) is 0 Å². The van der Waals surface area contributed by atoms with Gasteiger partial charge in [0.2, 0.25) is 0 Å². The molecule has 3 aromatic carbocycles. The minimum Gasteiger partial charge on any atom is -0.378 e. The van der Waals surface area contributed by atoms with Crippen molar-refractivity contribution in [1.82, 2.24) is 0 Å². The molecule has 2 atom stereocenters. The first-order chi connectivity index (χ1) is 13.4. The molecule has 0 saturated carbocycles. The van der Waals surface area contributed by atoms with Crippen LogP contribution in [0.4, 0.5) is 11.4 Å². The van der Waals surface area contributed by atoms with Crippen LogP contribution in [-0.4, -0.2) is 21.2 Å². The van der Waals surface area contributed by atoms with E-state index in [2.05, 4.69) is 5.32 Å². The van der Waals surface area contributed by atoms with Gasteiger partial charge in [-0.25, -0.2) is 0 Å². The number of nitrogens with zero attached hydrogens (tertiary/aromatic N) is 1. The third kappa shape index (κ3) is 4.30. The molecule has 0 fully saturated rings. The van der Waals surface area contributed by atoms with Gasteiger partial charge in [0, 0.05) is 37.9 Å². The summed E-state index contributed by atoms with van der Waals surface area (Å²) < 4.78 is 19.9. The maximum absolute atomic E-state index is 14.2. The van der Waals surface area contributed by atoms with E-state index < -0.39 is 13.2 Å². The van der Waals surface area contributed by atoms with E-state index in [0.29, 0.717) is 5.30 Å². The highest BCUT2D eigenvalue weighted by atomic mass is 31.2. The number of hydrogen-bond acceptors (Lipinski definition) is 4. The second-order valence-corrected chi connectivity index (χ2v) is 9.61. The Bertz CT molecular complexity index is 939. The molecule has 2 unspecified atom stereocenters. The van der Waals surface area contributed by atoms with Crippen LogP contribution in [0, 0.1) is 6.92 Å². The topological polar surface area (TPSA) is 41.6 Å². The Labute approximate surface area is 167 Å². The highest BCUT2D eigenvalue weighted by Crippen LogP contribution is 2.58. The first-order valence-corrected chi connectivity index (χ1v) is 10.9. The van der Waals surface area contributed by atoms with Crippen LogP contribution < -0.4 is 15.5 Å². The molecule has 0 spiro atoms. The van der Waals surface area contributed by atoms with Gasteiger partial charge in [-0.1, -0.05) is 48.0 Å². The molecule has 0 saturated heterocycles. The number of anilines is 2. The summed E-state index contributed by atoms with van der Waals surface area (Å²) in [6.45, 7) is 2.04. The summed E-state index contributed by atoms with van der Waals surface area (Å²) in [5, 5.41) is 4.13. The Kier molecular flexibility index (Phi) is 6.23. The van der Waals surface area contributed by atoms with Gasteiger partial charge >= 0.3 is 0 Å². The fraction of sp³-hybridized carbons (Fsp3) is 0.217. The van der Waals surface area contributed by atoms with Crippen LogP contribution in [0.2, 0.25) is 0 Å². The molecule has 1 N–H and O–H groups in total. The lowest BCUT2D eigenvalue weighted by atomic mass is 10.1. The van der Waals surface area contributed by atoms with E-state index in [4.69, 9.17) is 4.52 Å². The van der Waals surface area contributed by atoms with Crippen LogP contribution in [0.25, 0.3) is 0 Å². The molecule has 146 valence electrons. The SMILES string of the molecule is COP(=O)(c1ccc(N(C)C)cc1)C(Nc1ccccc1)c1ccc(C)cc1. The van der Waals surface area contributed by atoms with E-state index in [0.717, 1.165) is 22.5 Å². The standard InChI is InChI=1S/C23H27N2O2P/c1-18-10-12-19(13-11-18)23(24-20-8-6-5-7-9-20)28(26,27-4)22-16-14-21(15-17-22)25(2)3/h5-17,23-24H,1-4H3.